The number of aromatic hydroxyl groups is 2. The first-order valence-corrected chi connectivity index (χ1v) is 5.99. The highest BCUT2D eigenvalue weighted by Gasteiger charge is 2.18. The van der Waals surface area contributed by atoms with E-state index < -0.39 is 0 Å². The molecule has 0 amide bonds. The second-order valence-corrected chi connectivity index (χ2v) is 3.67. The van der Waals surface area contributed by atoms with Crippen molar-refractivity contribution in [3.05, 3.63) is 11.6 Å². The van der Waals surface area contributed by atoms with E-state index in [1.54, 1.807) is 0 Å². The number of ether oxygens (including phenoxy) is 2. The second kappa shape index (κ2) is 6.23. The van der Waals surface area contributed by atoms with Gasteiger partial charge in [0.25, 0.3) is 0 Å². The number of rotatable bonds is 6. The molecule has 0 unspecified atom stereocenters. The number of phenolic OH excluding ortho intramolecular Hbond substituents is 2. The molecule has 1 rings (SSSR count). The summed E-state index contributed by atoms with van der Waals surface area (Å²) in [4.78, 5) is 0. The summed E-state index contributed by atoms with van der Waals surface area (Å²) >= 11 is 0. The normalized spacial score (nSPS) is 10.3. The van der Waals surface area contributed by atoms with Crippen molar-refractivity contribution in [3.63, 3.8) is 0 Å². The molecule has 0 bridgehead atoms. The van der Waals surface area contributed by atoms with E-state index in [1.165, 1.54) is 6.07 Å². The van der Waals surface area contributed by atoms with Crippen LogP contribution in [-0.4, -0.2) is 23.4 Å². The molecule has 96 valence electrons. The Kier molecular flexibility index (Phi) is 4.94. The van der Waals surface area contributed by atoms with Crippen LogP contribution >= 0.6 is 0 Å². The van der Waals surface area contributed by atoms with Crippen molar-refractivity contribution < 1.29 is 19.7 Å². The van der Waals surface area contributed by atoms with Crippen LogP contribution in [0.2, 0.25) is 0 Å². The van der Waals surface area contributed by atoms with Gasteiger partial charge in [-0.1, -0.05) is 13.3 Å². The van der Waals surface area contributed by atoms with E-state index in [2.05, 4.69) is 0 Å². The van der Waals surface area contributed by atoms with E-state index in [1.807, 2.05) is 20.8 Å². The van der Waals surface area contributed by atoms with Crippen LogP contribution in [0, 0.1) is 0 Å². The zero-order chi connectivity index (χ0) is 12.8. The third-order valence-electron chi connectivity index (χ3n) is 2.38. The summed E-state index contributed by atoms with van der Waals surface area (Å²) in [5.41, 5.74) is 0.609. The minimum atomic E-state index is -0.166. The van der Waals surface area contributed by atoms with Gasteiger partial charge < -0.3 is 19.7 Å². The maximum atomic E-state index is 9.84. The summed E-state index contributed by atoms with van der Waals surface area (Å²) in [6, 6.07) is 1.39. The average molecular weight is 240 g/mol. The fourth-order valence-corrected chi connectivity index (χ4v) is 1.72. The smallest absolute Gasteiger partial charge is 0.168 e. The lowest BCUT2D eigenvalue weighted by Gasteiger charge is -2.17. The van der Waals surface area contributed by atoms with Gasteiger partial charge in [-0.05, 0) is 20.3 Å². The van der Waals surface area contributed by atoms with Crippen molar-refractivity contribution in [1.29, 1.82) is 0 Å². The first-order valence-electron chi connectivity index (χ1n) is 5.99. The molecule has 0 heterocycles. The highest BCUT2D eigenvalue weighted by molar-refractivity contribution is 5.60. The number of hydrogen-bond donors (Lipinski definition) is 2. The fourth-order valence-electron chi connectivity index (χ4n) is 1.72. The highest BCUT2D eigenvalue weighted by atomic mass is 16.5. The lowest BCUT2D eigenvalue weighted by molar-refractivity contribution is 0.279. The fraction of sp³-hybridized carbons (Fsp3) is 0.538. The van der Waals surface area contributed by atoms with E-state index in [9.17, 15) is 10.2 Å². The minimum absolute atomic E-state index is 0.112. The number of benzene rings is 1. The van der Waals surface area contributed by atoms with Crippen LogP contribution < -0.4 is 9.47 Å². The van der Waals surface area contributed by atoms with Crippen LogP contribution in [-0.2, 0) is 6.42 Å². The Morgan fingerprint density at radius 3 is 2.24 bits per heavy atom. The molecular formula is C13H20O4. The van der Waals surface area contributed by atoms with Crippen LogP contribution in [0.25, 0.3) is 0 Å². The van der Waals surface area contributed by atoms with Crippen molar-refractivity contribution in [2.45, 2.75) is 33.6 Å². The van der Waals surface area contributed by atoms with E-state index in [4.69, 9.17) is 9.47 Å². The van der Waals surface area contributed by atoms with Gasteiger partial charge in [-0.25, -0.2) is 0 Å². The molecule has 1 aromatic carbocycles. The molecule has 1 aromatic rings. The van der Waals surface area contributed by atoms with Gasteiger partial charge in [0, 0.05) is 11.6 Å². The Labute approximate surface area is 102 Å². The third kappa shape index (κ3) is 2.96. The predicted octanol–water partition coefficient (Wildman–Crippen LogP) is 2.85. The number of phenols is 2. The molecule has 0 saturated carbocycles. The Hall–Kier alpha value is -1.58. The van der Waals surface area contributed by atoms with Gasteiger partial charge in [0.2, 0.25) is 0 Å². The van der Waals surface area contributed by atoms with Crippen LogP contribution in [0.1, 0.15) is 32.8 Å². The molecular weight excluding hydrogens is 220 g/mol. The van der Waals surface area contributed by atoms with Crippen LogP contribution in [0.3, 0.4) is 0 Å². The quantitative estimate of drug-likeness (QED) is 0.751. The van der Waals surface area contributed by atoms with Gasteiger partial charge in [-0.3, -0.25) is 0 Å². The Balaban J connectivity index is 3.29. The summed E-state index contributed by atoms with van der Waals surface area (Å²) in [6.07, 6.45) is 1.48. The molecule has 0 spiro atoms. The van der Waals surface area contributed by atoms with Gasteiger partial charge in [0.15, 0.2) is 23.0 Å². The van der Waals surface area contributed by atoms with E-state index in [0.29, 0.717) is 36.7 Å². The molecule has 17 heavy (non-hydrogen) atoms. The van der Waals surface area contributed by atoms with Crippen molar-refractivity contribution >= 4 is 0 Å². The molecule has 4 heteroatoms. The summed E-state index contributed by atoms with van der Waals surface area (Å²) in [7, 11) is 0. The summed E-state index contributed by atoms with van der Waals surface area (Å²) in [6.45, 7) is 6.70. The molecule has 0 aliphatic rings. The van der Waals surface area contributed by atoms with E-state index in [0.717, 1.165) is 6.42 Å². The lowest BCUT2D eigenvalue weighted by Crippen LogP contribution is -2.02. The summed E-state index contributed by atoms with van der Waals surface area (Å²) in [5.74, 6) is 0.735. The molecule has 0 radical (unpaired) electrons. The van der Waals surface area contributed by atoms with Gasteiger partial charge in [0.1, 0.15) is 0 Å². The Bertz CT molecular complexity index is 374. The average Bonchev–Trinajstić information content (AvgIpc) is 2.30. The zero-order valence-electron chi connectivity index (χ0n) is 10.6. The lowest BCUT2D eigenvalue weighted by atomic mass is 10.1. The first-order chi connectivity index (χ1) is 8.15. The zero-order valence-corrected chi connectivity index (χ0v) is 10.6. The molecule has 0 aromatic heterocycles. The second-order valence-electron chi connectivity index (χ2n) is 3.67. The molecule has 0 saturated heterocycles. The van der Waals surface area contributed by atoms with Crippen molar-refractivity contribution in [1.82, 2.24) is 0 Å². The van der Waals surface area contributed by atoms with Crippen molar-refractivity contribution in [2.75, 3.05) is 13.2 Å². The largest absolute Gasteiger partial charge is 0.504 e. The van der Waals surface area contributed by atoms with Gasteiger partial charge in [-0.2, -0.15) is 0 Å². The van der Waals surface area contributed by atoms with Crippen LogP contribution in [0.5, 0.6) is 23.0 Å². The maximum absolute atomic E-state index is 9.84. The number of hydrogen-bond acceptors (Lipinski definition) is 4. The standard InChI is InChI=1S/C13H20O4/c1-4-7-9-12(15)10(14)8-11(16-5-2)13(9)17-6-3/h8,14-15H,4-7H2,1-3H3. The first kappa shape index (κ1) is 13.5. The van der Waals surface area contributed by atoms with Crippen molar-refractivity contribution in [3.8, 4) is 23.0 Å². The molecule has 0 aliphatic carbocycles. The van der Waals surface area contributed by atoms with Crippen LogP contribution in [0.15, 0.2) is 6.07 Å². The Morgan fingerprint density at radius 2 is 1.71 bits per heavy atom. The minimum Gasteiger partial charge on any atom is -0.504 e. The Morgan fingerprint density at radius 1 is 1.06 bits per heavy atom. The summed E-state index contributed by atoms with van der Waals surface area (Å²) in [5, 5.41) is 19.5. The van der Waals surface area contributed by atoms with E-state index in [-0.39, 0.29) is 11.5 Å². The molecule has 4 nitrogen and oxygen atoms in total. The highest BCUT2D eigenvalue weighted by Crippen LogP contribution is 2.44. The van der Waals surface area contributed by atoms with Gasteiger partial charge >= 0.3 is 0 Å². The van der Waals surface area contributed by atoms with Crippen molar-refractivity contribution in [2.24, 2.45) is 0 Å². The topological polar surface area (TPSA) is 58.9 Å². The van der Waals surface area contributed by atoms with Gasteiger partial charge in [-0.15, -0.1) is 0 Å². The maximum Gasteiger partial charge on any atom is 0.168 e. The predicted molar refractivity (Wildman–Crippen MR) is 66.1 cm³/mol. The van der Waals surface area contributed by atoms with Crippen LogP contribution in [0.4, 0.5) is 0 Å². The monoisotopic (exact) mass is 240 g/mol. The molecule has 2 N–H and O–H groups in total. The van der Waals surface area contributed by atoms with Gasteiger partial charge in [0.05, 0.1) is 13.2 Å². The molecule has 0 atom stereocenters. The molecule has 0 aliphatic heterocycles. The molecule has 0 fully saturated rings. The third-order valence-corrected chi connectivity index (χ3v) is 2.38. The SMILES string of the molecule is CCCc1c(O)c(O)cc(OCC)c1OCC. The summed E-state index contributed by atoms with van der Waals surface area (Å²) < 4.78 is 10.9. The van der Waals surface area contributed by atoms with E-state index >= 15 is 0 Å².